The molecule has 1 rings (SSSR count). The fraction of sp³-hybridized carbons (Fsp3) is 0.538. The Labute approximate surface area is 108 Å². The van der Waals surface area contributed by atoms with E-state index in [0.717, 1.165) is 24.8 Å². The Balaban J connectivity index is 2.66. The highest BCUT2D eigenvalue weighted by Gasteiger charge is 2.12. The summed E-state index contributed by atoms with van der Waals surface area (Å²) in [5, 5.41) is 1.43. The molecule has 2 N–H and O–H groups in total. The van der Waals surface area contributed by atoms with E-state index < -0.39 is 0 Å². The first-order valence-corrected chi connectivity index (χ1v) is 6.48. The van der Waals surface area contributed by atoms with Crippen molar-refractivity contribution in [2.24, 2.45) is 11.7 Å². The normalized spacial score (nSPS) is 14.8. The molecule has 0 saturated heterocycles. The van der Waals surface area contributed by atoms with Crippen LogP contribution in [0.1, 0.15) is 32.3 Å². The Morgan fingerprint density at radius 2 is 1.81 bits per heavy atom. The van der Waals surface area contributed by atoms with Crippen molar-refractivity contribution in [3.05, 3.63) is 33.8 Å². The van der Waals surface area contributed by atoms with Crippen molar-refractivity contribution in [1.82, 2.24) is 0 Å². The van der Waals surface area contributed by atoms with Gasteiger partial charge in [-0.2, -0.15) is 0 Å². The summed E-state index contributed by atoms with van der Waals surface area (Å²) in [7, 11) is 0. The minimum Gasteiger partial charge on any atom is -0.327 e. The lowest BCUT2D eigenvalue weighted by molar-refractivity contribution is 0.450. The largest absolute Gasteiger partial charge is 0.327 e. The molecule has 0 aliphatic heterocycles. The summed E-state index contributed by atoms with van der Waals surface area (Å²) in [5.41, 5.74) is 7.08. The van der Waals surface area contributed by atoms with Crippen molar-refractivity contribution in [3.63, 3.8) is 0 Å². The predicted octanol–water partition coefficient (Wildman–Crippen LogP) is 4.30. The van der Waals surface area contributed by atoms with Crippen molar-refractivity contribution >= 4 is 23.2 Å². The van der Waals surface area contributed by atoms with Gasteiger partial charge in [-0.15, -0.1) is 0 Å². The minimum atomic E-state index is 0.132. The van der Waals surface area contributed by atoms with E-state index in [9.17, 15) is 0 Å². The second-order valence-corrected chi connectivity index (χ2v) is 5.23. The zero-order valence-electron chi connectivity index (χ0n) is 9.84. The molecule has 0 aliphatic carbocycles. The summed E-state index contributed by atoms with van der Waals surface area (Å²) in [4.78, 5) is 0. The van der Waals surface area contributed by atoms with Gasteiger partial charge in [-0.25, -0.2) is 0 Å². The Bertz CT molecular complexity index is 318. The predicted molar refractivity (Wildman–Crippen MR) is 72.2 cm³/mol. The Morgan fingerprint density at radius 1 is 1.25 bits per heavy atom. The van der Waals surface area contributed by atoms with E-state index in [-0.39, 0.29) is 6.04 Å². The lowest BCUT2D eigenvalue weighted by atomic mass is 9.95. The number of benzene rings is 1. The first-order chi connectivity index (χ1) is 7.54. The van der Waals surface area contributed by atoms with Crippen LogP contribution < -0.4 is 5.73 Å². The molecule has 1 aromatic rings. The fourth-order valence-electron chi connectivity index (χ4n) is 1.76. The van der Waals surface area contributed by atoms with Gasteiger partial charge in [0.05, 0.1) is 0 Å². The molecule has 0 heterocycles. The third-order valence-electron chi connectivity index (χ3n) is 2.93. The summed E-state index contributed by atoms with van der Waals surface area (Å²) in [6, 6.07) is 5.71. The van der Waals surface area contributed by atoms with E-state index in [1.165, 1.54) is 0 Å². The Morgan fingerprint density at radius 3 is 2.31 bits per heavy atom. The third-order valence-corrected chi connectivity index (χ3v) is 3.64. The van der Waals surface area contributed by atoms with Gasteiger partial charge < -0.3 is 5.73 Å². The van der Waals surface area contributed by atoms with Gasteiger partial charge in [-0.1, -0.05) is 49.5 Å². The number of rotatable bonds is 5. The molecular weight excluding hydrogens is 241 g/mol. The highest BCUT2D eigenvalue weighted by molar-refractivity contribution is 6.35. The Hall–Kier alpha value is -0.240. The number of halogens is 2. The minimum absolute atomic E-state index is 0.132. The molecule has 3 heteroatoms. The maximum Gasteiger partial charge on any atom is 0.0453 e. The molecule has 0 aliphatic rings. The van der Waals surface area contributed by atoms with Crippen LogP contribution in [0, 0.1) is 5.92 Å². The van der Waals surface area contributed by atoms with Crippen molar-refractivity contribution in [1.29, 1.82) is 0 Å². The zero-order chi connectivity index (χ0) is 12.1. The van der Waals surface area contributed by atoms with Crippen molar-refractivity contribution in [2.45, 2.75) is 39.2 Å². The van der Waals surface area contributed by atoms with E-state index >= 15 is 0 Å². The lowest BCUT2D eigenvalue weighted by Crippen LogP contribution is -2.25. The molecule has 90 valence electrons. The second kappa shape index (κ2) is 6.48. The monoisotopic (exact) mass is 259 g/mol. The number of hydrogen-bond donors (Lipinski definition) is 1. The maximum absolute atomic E-state index is 6.10. The summed E-state index contributed by atoms with van der Waals surface area (Å²) in [6.45, 7) is 4.40. The average molecular weight is 260 g/mol. The molecule has 0 spiro atoms. The van der Waals surface area contributed by atoms with Gasteiger partial charge in [0, 0.05) is 16.1 Å². The summed E-state index contributed by atoms with van der Waals surface area (Å²) in [5.74, 6) is 0.649. The highest BCUT2D eigenvalue weighted by Crippen LogP contribution is 2.26. The average Bonchev–Trinajstić information content (AvgIpc) is 2.23. The van der Waals surface area contributed by atoms with Gasteiger partial charge in [0.25, 0.3) is 0 Å². The second-order valence-electron chi connectivity index (χ2n) is 4.41. The van der Waals surface area contributed by atoms with E-state index in [4.69, 9.17) is 28.9 Å². The van der Waals surface area contributed by atoms with Crippen LogP contribution in [0.5, 0.6) is 0 Å². The van der Waals surface area contributed by atoms with Gasteiger partial charge in [0.1, 0.15) is 0 Å². The zero-order valence-corrected chi connectivity index (χ0v) is 11.4. The van der Waals surface area contributed by atoms with Gasteiger partial charge in [-0.05, 0) is 36.5 Å². The smallest absolute Gasteiger partial charge is 0.0453 e. The first kappa shape index (κ1) is 13.8. The van der Waals surface area contributed by atoms with Crippen LogP contribution in [0.2, 0.25) is 10.0 Å². The molecule has 0 fully saturated rings. The van der Waals surface area contributed by atoms with Crippen LogP contribution in [0.25, 0.3) is 0 Å². The fourth-order valence-corrected chi connectivity index (χ4v) is 2.31. The molecule has 2 atom stereocenters. The van der Waals surface area contributed by atoms with Crippen LogP contribution >= 0.6 is 23.2 Å². The molecule has 0 radical (unpaired) electrons. The van der Waals surface area contributed by atoms with Crippen LogP contribution in [-0.4, -0.2) is 6.04 Å². The third kappa shape index (κ3) is 3.97. The van der Waals surface area contributed by atoms with E-state index in [0.29, 0.717) is 16.0 Å². The van der Waals surface area contributed by atoms with Gasteiger partial charge >= 0.3 is 0 Å². The molecule has 0 bridgehead atoms. The molecule has 0 aromatic heterocycles. The van der Waals surface area contributed by atoms with Gasteiger partial charge in [0.2, 0.25) is 0 Å². The van der Waals surface area contributed by atoms with Crippen molar-refractivity contribution in [2.75, 3.05) is 0 Å². The van der Waals surface area contributed by atoms with Crippen molar-refractivity contribution in [3.8, 4) is 0 Å². The quantitative estimate of drug-likeness (QED) is 0.839. The van der Waals surface area contributed by atoms with E-state index in [1.807, 2.05) is 18.2 Å². The first-order valence-electron chi connectivity index (χ1n) is 5.73. The topological polar surface area (TPSA) is 26.0 Å². The summed E-state index contributed by atoms with van der Waals surface area (Å²) < 4.78 is 0. The van der Waals surface area contributed by atoms with Crippen LogP contribution in [0.15, 0.2) is 18.2 Å². The number of nitrogens with two attached hydrogens (primary N) is 1. The van der Waals surface area contributed by atoms with E-state index in [1.54, 1.807) is 0 Å². The SMILES string of the molecule is CCC(C)CC(N)Cc1c(Cl)cccc1Cl. The van der Waals surface area contributed by atoms with Gasteiger partial charge in [-0.3, -0.25) is 0 Å². The molecular formula is C13H19Cl2N. The lowest BCUT2D eigenvalue weighted by Gasteiger charge is -2.17. The van der Waals surface area contributed by atoms with Crippen LogP contribution in [-0.2, 0) is 6.42 Å². The Kier molecular flexibility index (Phi) is 5.60. The van der Waals surface area contributed by atoms with E-state index in [2.05, 4.69) is 13.8 Å². The molecule has 2 unspecified atom stereocenters. The van der Waals surface area contributed by atoms with Crippen LogP contribution in [0.3, 0.4) is 0 Å². The molecule has 0 saturated carbocycles. The molecule has 1 nitrogen and oxygen atoms in total. The van der Waals surface area contributed by atoms with Crippen LogP contribution in [0.4, 0.5) is 0 Å². The molecule has 1 aromatic carbocycles. The molecule has 16 heavy (non-hydrogen) atoms. The summed E-state index contributed by atoms with van der Waals surface area (Å²) in [6.07, 6.45) is 2.92. The van der Waals surface area contributed by atoms with Crippen molar-refractivity contribution < 1.29 is 0 Å². The molecule has 0 amide bonds. The standard InChI is InChI=1S/C13H19Cl2N/c1-3-9(2)7-10(16)8-11-12(14)5-4-6-13(11)15/h4-6,9-10H,3,7-8,16H2,1-2H3. The number of hydrogen-bond acceptors (Lipinski definition) is 1. The summed E-state index contributed by atoms with van der Waals surface area (Å²) >= 11 is 12.2. The van der Waals surface area contributed by atoms with Gasteiger partial charge in [0.15, 0.2) is 0 Å². The maximum atomic E-state index is 6.10. The highest BCUT2D eigenvalue weighted by atomic mass is 35.5.